The first-order valence-electron chi connectivity index (χ1n) is 7.52. The van der Waals surface area contributed by atoms with E-state index in [0.717, 1.165) is 0 Å². The van der Waals surface area contributed by atoms with Crippen molar-refractivity contribution >= 4 is 11.9 Å². The number of hydrogen-bond acceptors (Lipinski definition) is 6. The molecule has 0 fully saturated rings. The Labute approximate surface area is 143 Å². The number of carbonyl (C=O) groups is 1. The van der Waals surface area contributed by atoms with Crippen LogP contribution in [0.3, 0.4) is 0 Å². The summed E-state index contributed by atoms with van der Waals surface area (Å²) in [7, 11) is 0. The average molecular weight is 353 g/mol. The number of rotatable bonds is 2. The second kappa shape index (κ2) is 5.84. The number of carbonyl (C=O) groups excluding carboxylic acids is 1. The van der Waals surface area contributed by atoms with Gasteiger partial charge in [0.2, 0.25) is 11.8 Å². The molecule has 10 heteroatoms. The van der Waals surface area contributed by atoms with E-state index in [2.05, 4.69) is 25.3 Å². The van der Waals surface area contributed by atoms with E-state index in [1.807, 2.05) is 0 Å². The van der Waals surface area contributed by atoms with Crippen LogP contribution in [0.1, 0.15) is 21.5 Å². The number of nitrogens with zero attached hydrogens (tertiary/aromatic N) is 1. The Morgan fingerprint density at radius 3 is 2.77 bits per heavy atom. The minimum atomic E-state index is -0.655. The van der Waals surface area contributed by atoms with Crippen molar-refractivity contribution in [3.63, 3.8) is 0 Å². The molecule has 0 saturated carbocycles. The van der Waals surface area contributed by atoms with Crippen molar-refractivity contribution < 1.29 is 9.53 Å². The van der Waals surface area contributed by atoms with Gasteiger partial charge in [0, 0.05) is 29.8 Å². The standard InChI is InChI=1S/C16H11N5O5/c22-11-3-4-17-15(18-11)19-12(23)7-1-2-10-8(5-7)6-9-13(24)20-16(25)21-14(9)26-10/h1-5H,6H2,(H2,20,21,24,25)(H2,17,18,19,22,23). The number of H-pyrrole nitrogens is 3. The van der Waals surface area contributed by atoms with E-state index in [-0.39, 0.29) is 29.4 Å². The van der Waals surface area contributed by atoms with Crippen LogP contribution in [0.25, 0.3) is 0 Å². The van der Waals surface area contributed by atoms with Gasteiger partial charge in [0.1, 0.15) is 5.75 Å². The van der Waals surface area contributed by atoms with Gasteiger partial charge in [-0.05, 0) is 18.2 Å². The summed E-state index contributed by atoms with van der Waals surface area (Å²) in [6.45, 7) is 0. The van der Waals surface area contributed by atoms with E-state index >= 15 is 0 Å². The monoisotopic (exact) mass is 353 g/mol. The number of benzene rings is 1. The fourth-order valence-corrected chi connectivity index (χ4v) is 2.61. The molecule has 1 aliphatic heterocycles. The fourth-order valence-electron chi connectivity index (χ4n) is 2.61. The molecule has 0 aliphatic carbocycles. The Bertz CT molecular complexity index is 1210. The molecule has 1 aliphatic rings. The number of nitrogens with one attached hydrogen (secondary N) is 4. The molecule has 2 aromatic heterocycles. The predicted molar refractivity (Wildman–Crippen MR) is 89.8 cm³/mol. The Kier molecular flexibility index (Phi) is 3.50. The maximum Gasteiger partial charge on any atom is 0.328 e. The molecular weight excluding hydrogens is 342 g/mol. The maximum atomic E-state index is 12.3. The quantitative estimate of drug-likeness (QED) is 0.401. The third kappa shape index (κ3) is 2.79. The lowest BCUT2D eigenvalue weighted by atomic mass is 10.0. The molecule has 10 nitrogen and oxygen atoms in total. The first-order chi connectivity index (χ1) is 12.5. The van der Waals surface area contributed by atoms with Gasteiger partial charge < -0.3 is 4.74 Å². The van der Waals surface area contributed by atoms with Crippen molar-refractivity contribution in [2.24, 2.45) is 0 Å². The van der Waals surface area contributed by atoms with Gasteiger partial charge in [-0.1, -0.05) is 0 Å². The normalized spacial score (nSPS) is 11.8. The topological polar surface area (TPSA) is 150 Å². The van der Waals surface area contributed by atoms with Crippen LogP contribution >= 0.6 is 0 Å². The molecule has 26 heavy (non-hydrogen) atoms. The summed E-state index contributed by atoms with van der Waals surface area (Å²) in [5.41, 5.74) is -0.420. The zero-order valence-electron chi connectivity index (χ0n) is 13.1. The number of ether oxygens (including phenoxy) is 1. The largest absolute Gasteiger partial charge is 0.440 e. The fraction of sp³-hybridized carbons (Fsp3) is 0.0625. The molecule has 4 N–H and O–H groups in total. The van der Waals surface area contributed by atoms with Crippen LogP contribution in [-0.4, -0.2) is 25.8 Å². The van der Waals surface area contributed by atoms with Gasteiger partial charge in [-0.3, -0.25) is 34.7 Å². The lowest BCUT2D eigenvalue weighted by molar-refractivity contribution is 0.102. The number of aromatic nitrogens is 4. The smallest absolute Gasteiger partial charge is 0.328 e. The Morgan fingerprint density at radius 1 is 1.12 bits per heavy atom. The summed E-state index contributed by atoms with van der Waals surface area (Å²) in [4.78, 5) is 57.7. The Hall–Kier alpha value is -3.95. The number of aromatic amines is 3. The highest BCUT2D eigenvalue weighted by molar-refractivity contribution is 6.03. The maximum absolute atomic E-state index is 12.3. The van der Waals surface area contributed by atoms with Crippen LogP contribution in [0.2, 0.25) is 0 Å². The zero-order valence-corrected chi connectivity index (χ0v) is 13.1. The highest BCUT2D eigenvalue weighted by Gasteiger charge is 2.22. The number of fused-ring (bicyclic) bond motifs is 2. The van der Waals surface area contributed by atoms with Gasteiger partial charge in [0.05, 0.1) is 5.56 Å². The van der Waals surface area contributed by atoms with Crippen LogP contribution in [0.4, 0.5) is 5.95 Å². The molecule has 0 radical (unpaired) electrons. The number of hydrogen-bond donors (Lipinski definition) is 4. The summed E-state index contributed by atoms with van der Waals surface area (Å²) >= 11 is 0. The first kappa shape index (κ1) is 15.6. The first-order valence-corrected chi connectivity index (χ1v) is 7.52. The van der Waals surface area contributed by atoms with Crippen molar-refractivity contribution in [2.45, 2.75) is 6.42 Å². The summed E-state index contributed by atoms with van der Waals surface area (Å²) < 4.78 is 5.54. The van der Waals surface area contributed by atoms with E-state index in [1.165, 1.54) is 18.3 Å². The summed E-state index contributed by atoms with van der Waals surface area (Å²) in [6, 6.07) is 5.88. The van der Waals surface area contributed by atoms with E-state index in [9.17, 15) is 19.2 Å². The van der Waals surface area contributed by atoms with Crippen molar-refractivity contribution in [1.29, 1.82) is 0 Å². The Morgan fingerprint density at radius 2 is 1.96 bits per heavy atom. The minimum absolute atomic E-state index is 0.0239. The molecule has 4 rings (SSSR count). The van der Waals surface area contributed by atoms with Crippen LogP contribution < -0.4 is 26.9 Å². The Balaban J connectivity index is 1.64. The van der Waals surface area contributed by atoms with Crippen LogP contribution in [0.5, 0.6) is 11.6 Å². The molecule has 3 aromatic rings. The molecular formula is C16H11N5O5. The van der Waals surface area contributed by atoms with Gasteiger partial charge in [0.25, 0.3) is 17.0 Å². The van der Waals surface area contributed by atoms with E-state index < -0.39 is 17.2 Å². The summed E-state index contributed by atoms with van der Waals surface area (Å²) in [6.07, 6.45) is 1.47. The summed E-state index contributed by atoms with van der Waals surface area (Å²) in [5.74, 6) is 0.0650. The third-order valence-corrected chi connectivity index (χ3v) is 3.81. The highest BCUT2D eigenvalue weighted by Crippen LogP contribution is 2.33. The van der Waals surface area contributed by atoms with Crippen molar-refractivity contribution in [1.82, 2.24) is 19.9 Å². The molecule has 3 heterocycles. The van der Waals surface area contributed by atoms with Gasteiger partial charge in [-0.25, -0.2) is 9.78 Å². The lowest BCUT2D eigenvalue weighted by Crippen LogP contribution is -2.28. The lowest BCUT2D eigenvalue weighted by Gasteiger charge is -2.19. The molecule has 0 bridgehead atoms. The van der Waals surface area contributed by atoms with Crippen molar-refractivity contribution in [2.75, 3.05) is 5.32 Å². The second-order valence-corrected chi connectivity index (χ2v) is 5.55. The number of amides is 1. The molecule has 1 aromatic carbocycles. The van der Waals surface area contributed by atoms with E-state index in [1.54, 1.807) is 12.1 Å². The van der Waals surface area contributed by atoms with Gasteiger partial charge >= 0.3 is 5.69 Å². The SMILES string of the molecule is O=C(Nc1nccc(=O)[nH]1)c1ccc2c(c1)Cc1c([nH]c(=O)[nH]c1=O)O2. The number of anilines is 1. The molecule has 0 atom stereocenters. The van der Waals surface area contributed by atoms with Gasteiger partial charge in [0.15, 0.2) is 0 Å². The average Bonchev–Trinajstić information content (AvgIpc) is 2.60. The van der Waals surface area contributed by atoms with E-state index in [4.69, 9.17) is 4.74 Å². The zero-order chi connectivity index (χ0) is 18.3. The predicted octanol–water partition coefficient (Wildman–Crippen LogP) is 0.0953. The molecule has 130 valence electrons. The second-order valence-electron chi connectivity index (χ2n) is 5.55. The minimum Gasteiger partial charge on any atom is -0.440 e. The van der Waals surface area contributed by atoms with Crippen LogP contribution in [0.15, 0.2) is 44.8 Å². The molecule has 0 saturated heterocycles. The summed E-state index contributed by atoms with van der Waals surface area (Å²) in [5, 5.41) is 2.48. The van der Waals surface area contributed by atoms with Crippen LogP contribution in [-0.2, 0) is 6.42 Å². The molecule has 0 spiro atoms. The van der Waals surface area contributed by atoms with E-state index in [0.29, 0.717) is 16.9 Å². The van der Waals surface area contributed by atoms with Gasteiger partial charge in [-0.15, -0.1) is 0 Å². The van der Waals surface area contributed by atoms with Crippen molar-refractivity contribution in [3.05, 3.63) is 78.3 Å². The molecule has 0 unspecified atom stereocenters. The van der Waals surface area contributed by atoms with Crippen LogP contribution in [0, 0.1) is 0 Å². The third-order valence-electron chi connectivity index (χ3n) is 3.81. The highest BCUT2D eigenvalue weighted by atomic mass is 16.5. The molecule has 1 amide bonds. The van der Waals surface area contributed by atoms with Gasteiger partial charge in [-0.2, -0.15) is 0 Å². The van der Waals surface area contributed by atoms with Crippen molar-refractivity contribution in [3.8, 4) is 11.6 Å².